The molecule has 0 aliphatic carbocycles. The van der Waals surface area contributed by atoms with Crippen molar-refractivity contribution in [2.24, 2.45) is 11.8 Å². The molecular formula is C18H25N5S. The highest BCUT2D eigenvalue weighted by atomic mass is 32.1. The Morgan fingerprint density at radius 2 is 1.88 bits per heavy atom. The number of nitrogens with zero attached hydrogens (tertiary/aromatic N) is 5. The molecule has 0 spiro atoms. The Morgan fingerprint density at radius 1 is 1.12 bits per heavy atom. The Bertz CT molecular complexity index is 680. The van der Waals surface area contributed by atoms with Crippen molar-refractivity contribution in [3.63, 3.8) is 0 Å². The van der Waals surface area contributed by atoms with Crippen LogP contribution in [0, 0.1) is 11.8 Å². The maximum atomic E-state index is 4.54. The number of likely N-dealkylation sites (tertiary alicyclic amines) is 1. The van der Waals surface area contributed by atoms with Gasteiger partial charge in [0.2, 0.25) is 0 Å². The van der Waals surface area contributed by atoms with Crippen molar-refractivity contribution in [2.45, 2.75) is 32.7 Å². The van der Waals surface area contributed by atoms with Crippen LogP contribution in [0.15, 0.2) is 24.0 Å². The van der Waals surface area contributed by atoms with Gasteiger partial charge in [-0.3, -0.25) is 4.90 Å². The molecule has 0 saturated carbocycles. The number of fused-ring (bicyclic) bond motifs is 1. The van der Waals surface area contributed by atoms with Crippen LogP contribution in [0.1, 0.15) is 32.0 Å². The maximum Gasteiger partial charge on any atom is 0.132 e. The highest BCUT2D eigenvalue weighted by Gasteiger charge is 2.40. The van der Waals surface area contributed by atoms with Crippen LogP contribution in [0.5, 0.6) is 0 Å². The van der Waals surface area contributed by atoms with E-state index in [1.54, 1.807) is 17.9 Å². The van der Waals surface area contributed by atoms with Crippen LogP contribution in [0.4, 0.5) is 5.82 Å². The zero-order chi connectivity index (χ0) is 16.7. The summed E-state index contributed by atoms with van der Waals surface area (Å²) < 4.78 is 4.21. The summed E-state index contributed by atoms with van der Waals surface area (Å²) in [7, 11) is 0. The summed E-state index contributed by atoms with van der Waals surface area (Å²) >= 11 is 1.55. The van der Waals surface area contributed by atoms with Crippen molar-refractivity contribution in [2.75, 3.05) is 31.1 Å². The van der Waals surface area contributed by atoms with E-state index in [9.17, 15) is 0 Å². The monoisotopic (exact) mass is 343 g/mol. The van der Waals surface area contributed by atoms with Gasteiger partial charge in [-0.15, -0.1) is 0 Å². The van der Waals surface area contributed by atoms with Crippen LogP contribution >= 0.6 is 11.5 Å². The fourth-order valence-corrected chi connectivity index (χ4v) is 4.43. The Labute approximate surface area is 147 Å². The standard InChI is InChI=1S/C18H25N5S/c1-18(2,3)16-4-17(20-12-19-16)23-9-14-7-22(8-15(14)10-23)6-13-5-21-24-11-13/h4-5,11-12,14-15H,6-10H2,1-3H3. The van der Waals surface area contributed by atoms with Crippen molar-refractivity contribution in [3.8, 4) is 0 Å². The molecule has 0 N–H and O–H groups in total. The average molecular weight is 344 g/mol. The zero-order valence-corrected chi connectivity index (χ0v) is 15.5. The molecule has 0 bridgehead atoms. The van der Waals surface area contributed by atoms with E-state index in [2.05, 4.69) is 56.4 Å². The van der Waals surface area contributed by atoms with E-state index in [-0.39, 0.29) is 5.41 Å². The molecule has 0 radical (unpaired) electrons. The van der Waals surface area contributed by atoms with Gasteiger partial charge in [-0.25, -0.2) is 14.3 Å². The quantitative estimate of drug-likeness (QED) is 0.857. The number of aromatic nitrogens is 3. The second kappa shape index (κ2) is 6.08. The van der Waals surface area contributed by atoms with Gasteiger partial charge in [0, 0.05) is 55.8 Å². The minimum absolute atomic E-state index is 0.0681. The first-order chi connectivity index (χ1) is 11.5. The molecule has 2 saturated heterocycles. The molecule has 4 rings (SSSR count). The van der Waals surface area contributed by atoms with Gasteiger partial charge in [0.15, 0.2) is 0 Å². The molecule has 2 fully saturated rings. The van der Waals surface area contributed by atoms with Crippen molar-refractivity contribution in [1.29, 1.82) is 0 Å². The molecule has 2 aromatic rings. The number of anilines is 1. The largest absolute Gasteiger partial charge is 0.356 e. The molecule has 128 valence electrons. The summed E-state index contributed by atoms with van der Waals surface area (Å²) in [6.45, 7) is 12.3. The smallest absolute Gasteiger partial charge is 0.132 e. The molecule has 2 atom stereocenters. The first-order valence-corrected chi connectivity index (χ1v) is 9.51. The van der Waals surface area contributed by atoms with Crippen molar-refractivity contribution in [3.05, 3.63) is 35.2 Å². The minimum Gasteiger partial charge on any atom is -0.356 e. The molecule has 2 unspecified atom stereocenters. The van der Waals surface area contributed by atoms with Gasteiger partial charge < -0.3 is 4.90 Å². The fourth-order valence-electron chi connectivity index (χ4n) is 3.90. The van der Waals surface area contributed by atoms with E-state index in [0.29, 0.717) is 0 Å². The van der Waals surface area contributed by atoms with E-state index in [0.717, 1.165) is 43.0 Å². The molecule has 2 aliphatic heterocycles. The summed E-state index contributed by atoms with van der Waals surface area (Å²) in [5.74, 6) is 2.60. The minimum atomic E-state index is 0.0681. The third-order valence-corrected chi connectivity index (χ3v) is 5.83. The van der Waals surface area contributed by atoms with Gasteiger partial charge in [-0.2, -0.15) is 0 Å². The summed E-state index contributed by atoms with van der Waals surface area (Å²) in [4.78, 5) is 14.0. The summed E-state index contributed by atoms with van der Waals surface area (Å²) in [5, 5.41) is 2.16. The van der Waals surface area contributed by atoms with E-state index in [1.165, 1.54) is 18.7 Å². The highest BCUT2D eigenvalue weighted by Crippen LogP contribution is 2.34. The lowest BCUT2D eigenvalue weighted by atomic mass is 9.92. The van der Waals surface area contributed by atoms with Crippen LogP contribution in [0.3, 0.4) is 0 Å². The lowest BCUT2D eigenvalue weighted by molar-refractivity contribution is 0.309. The number of hydrogen-bond acceptors (Lipinski definition) is 6. The van der Waals surface area contributed by atoms with Crippen LogP contribution in [0.25, 0.3) is 0 Å². The molecule has 0 amide bonds. The van der Waals surface area contributed by atoms with Crippen LogP contribution in [-0.2, 0) is 12.0 Å². The Morgan fingerprint density at radius 3 is 2.50 bits per heavy atom. The number of rotatable bonds is 3. The SMILES string of the molecule is CC(C)(C)c1cc(N2CC3CN(Cc4cnsc4)CC3C2)ncn1. The van der Waals surface area contributed by atoms with Crippen molar-refractivity contribution >= 4 is 17.4 Å². The van der Waals surface area contributed by atoms with E-state index < -0.39 is 0 Å². The van der Waals surface area contributed by atoms with Crippen LogP contribution in [-0.4, -0.2) is 45.4 Å². The Balaban J connectivity index is 1.41. The van der Waals surface area contributed by atoms with E-state index in [4.69, 9.17) is 0 Å². The molecule has 2 aromatic heterocycles. The second-order valence-electron chi connectivity index (χ2n) is 8.16. The summed E-state index contributed by atoms with van der Waals surface area (Å²) in [5.41, 5.74) is 2.54. The van der Waals surface area contributed by atoms with Crippen LogP contribution in [0.2, 0.25) is 0 Å². The Hall–Kier alpha value is -1.53. The van der Waals surface area contributed by atoms with Crippen LogP contribution < -0.4 is 4.90 Å². The van der Waals surface area contributed by atoms with Gasteiger partial charge in [-0.05, 0) is 28.9 Å². The first-order valence-electron chi connectivity index (χ1n) is 8.67. The highest BCUT2D eigenvalue weighted by molar-refractivity contribution is 7.03. The molecule has 6 heteroatoms. The molecule has 24 heavy (non-hydrogen) atoms. The molecule has 2 aliphatic rings. The Kier molecular flexibility index (Phi) is 4.04. The van der Waals surface area contributed by atoms with Gasteiger partial charge in [0.1, 0.15) is 12.1 Å². The van der Waals surface area contributed by atoms with E-state index >= 15 is 0 Å². The summed E-state index contributed by atoms with van der Waals surface area (Å²) in [6.07, 6.45) is 3.72. The fraction of sp³-hybridized carbons (Fsp3) is 0.611. The lowest BCUT2D eigenvalue weighted by Gasteiger charge is -2.24. The van der Waals surface area contributed by atoms with Gasteiger partial charge in [-0.1, -0.05) is 20.8 Å². The second-order valence-corrected chi connectivity index (χ2v) is 8.82. The van der Waals surface area contributed by atoms with Crippen molar-refractivity contribution in [1.82, 2.24) is 19.2 Å². The van der Waals surface area contributed by atoms with E-state index in [1.807, 2.05) is 6.20 Å². The molecule has 4 heterocycles. The van der Waals surface area contributed by atoms with Gasteiger partial charge in [0.25, 0.3) is 0 Å². The molecular weight excluding hydrogens is 318 g/mol. The molecule has 5 nitrogen and oxygen atoms in total. The first kappa shape index (κ1) is 16.0. The summed E-state index contributed by atoms with van der Waals surface area (Å²) in [6, 6.07) is 2.18. The predicted molar refractivity (Wildman–Crippen MR) is 97.3 cm³/mol. The number of hydrogen-bond donors (Lipinski definition) is 0. The zero-order valence-electron chi connectivity index (χ0n) is 14.6. The van der Waals surface area contributed by atoms with Crippen molar-refractivity contribution < 1.29 is 0 Å². The average Bonchev–Trinajstić information content (AvgIpc) is 3.23. The third kappa shape index (κ3) is 3.17. The predicted octanol–water partition coefficient (Wildman–Crippen LogP) is 2.80. The van der Waals surface area contributed by atoms with Gasteiger partial charge in [0.05, 0.1) is 5.69 Å². The van der Waals surface area contributed by atoms with Gasteiger partial charge >= 0.3 is 0 Å². The normalized spacial score (nSPS) is 24.5. The maximum absolute atomic E-state index is 4.54. The topological polar surface area (TPSA) is 45.2 Å². The lowest BCUT2D eigenvalue weighted by Crippen LogP contribution is -2.29. The third-order valence-electron chi connectivity index (χ3n) is 5.20. The molecule has 0 aromatic carbocycles.